The maximum absolute atomic E-state index is 11.7. The van der Waals surface area contributed by atoms with Gasteiger partial charge in [0.1, 0.15) is 6.04 Å². The highest BCUT2D eigenvalue weighted by Gasteiger charge is 2.45. The van der Waals surface area contributed by atoms with Gasteiger partial charge in [-0.2, -0.15) is 0 Å². The number of hydrogen-bond donors (Lipinski definition) is 1. The van der Waals surface area contributed by atoms with E-state index in [4.69, 9.17) is 4.98 Å². The molecule has 24 heavy (non-hydrogen) atoms. The molecule has 0 amide bonds. The Hall–Kier alpha value is -0.940. The highest BCUT2D eigenvalue weighted by molar-refractivity contribution is 7.09. The molecule has 2 saturated carbocycles. The largest absolute Gasteiger partial charge is 0.480 e. The molecule has 132 valence electrons. The first-order valence-corrected chi connectivity index (χ1v) is 10.5. The molecule has 0 spiro atoms. The Balaban J connectivity index is 1.48. The molecule has 5 heteroatoms. The Labute approximate surface area is 148 Å². The second kappa shape index (κ2) is 7.12. The standard InChI is InChI=1S/C19H28N2O2S/c22-19(23)17-10-14-8-4-5-9-16(14)21(17)11-15-12-24-18(20-15)13-6-2-1-3-7-13/h12-14,16-17H,1-11H2,(H,22,23). The van der Waals surface area contributed by atoms with E-state index in [1.807, 2.05) is 0 Å². The summed E-state index contributed by atoms with van der Waals surface area (Å²) in [5, 5.41) is 13.1. The van der Waals surface area contributed by atoms with E-state index in [1.165, 1.54) is 56.4 Å². The minimum absolute atomic E-state index is 0.307. The number of carbonyl (C=O) groups is 1. The molecule has 0 aromatic carbocycles. The molecule has 4 nitrogen and oxygen atoms in total. The van der Waals surface area contributed by atoms with E-state index in [0.29, 0.717) is 17.9 Å². The van der Waals surface area contributed by atoms with Crippen LogP contribution in [0.1, 0.15) is 80.8 Å². The molecule has 1 aliphatic heterocycles. The minimum Gasteiger partial charge on any atom is -0.480 e. The number of aliphatic carboxylic acids is 1. The first kappa shape index (κ1) is 16.5. The number of aromatic nitrogens is 1. The molecular weight excluding hydrogens is 320 g/mol. The van der Waals surface area contributed by atoms with Gasteiger partial charge < -0.3 is 5.11 Å². The topological polar surface area (TPSA) is 53.4 Å². The van der Waals surface area contributed by atoms with Crippen LogP contribution >= 0.6 is 11.3 Å². The zero-order valence-electron chi connectivity index (χ0n) is 14.3. The van der Waals surface area contributed by atoms with E-state index >= 15 is 0 Å². The van der Waals surface area contributed by atoms with Crippen molar-refractivity contribution in [3.8, 4) is 0 Å². The Kier molecular flexibility index (Phi) is 4.90. The third-order valence-electron chi connectivity index (χ3n) is 6.37. The SMILES string of the molecule is O=C(O)C1CC2CCCCC2N1Cc1csc(C2CCCCC2)n1. The summed E-state index contributed by atoms with van der Waals surface area (Å²) < 4.78 is 0. The zero-order valence-corrected chi connectivity index (χ0v) is 15.1. The molecule has 0 radical (unpaired) electrons. The van der Waals surface area contributed by atoms with Crippen LogP contribution in [0.15, 0.2) is 5.38 Å². The van der Waals surface area contributed by atoms with Crippen molar-refractivity contribution >= 4 is 17.3 Å². The molecule has 3 fully saturated rings. The molecule has 1 N–H and O–H groups in total. The van der Waals surface area contributed by atoms with Gasteiger partial charge in [-0.1, -0.05) is 32.1 Å². The fourth-order valence-electron chi connectivity index (χ4n) is 5.14. The lowest BCUT2D eigenvalue weighted by Gasteiger charge is -2.32. The number of likely N-dealkylation sites (tertiary alicyclic amines) is 1. The average molecular weight is 349 g/mol. The predicted octanol–water partition coefficient (Wildman–Crippen LogP) is 4.41. The summed E-state index contributed by atoms with van der Waals surface area (Å²) >= 11 is 1.79. The lowest BCUT2D eigenvalue weighted by Crippen LogP contribution is -2.41. The van der Waals surface area contributed by atoms with Gasteiger partial charge in [0.15, 0.2) is 0 Å². The molecule has 1 aromatic heterocycles. The minimum atomic E-state index is -0.646. The molecular formula is C19H28N2O2S. The fourth-order valence-corrected chi connectivity index (χ4v) is 6.12. The lowest BCUT2D eigenvalue weighted by atomic mass is 9.85. The van der Waals surface area contributed by atoms with E-state index in [9.17, 15) is 9.90 Å². The van der Waals surface area contributed by atoms with E-state index in [-0.39, 0.29) is 6.04 Å². The maximum atomic E-state index is 11.7. The van der Waals surface area contributed by atoms with Crippen LogP contribution in [0, 0.1) is 5.92 Å². The van der Waals surface area contributed by atoms with Gasteiger partial charge in [-0.15, -0.1) is 11.3 Å². The number of thiazole rings is 1. The summed E-state index contributed by atoms with van der Waals surface area (Å²) in [4.78, 5) is 18.9. The van der Waals surface area contributed by atoms with Crippen molar-refractivity contribution in [3.63, 3.8) is 0 Å². The van der Waals surface area contributed by atoms with E-state index in [1.54, 1.807) is 11.3 Å². The number of rotatable bonds is 4. The normalized spacial score (nSPS) is 31.9. The van der Waals surface area contributed by atoms with Crippen molar-refractivity contribution < 1.29 is 9.90 Å². The van der Waals surface area contributed by atoms with Crippen LogP contribution < -0.4 is 0 Å². The van der Waals surface area contributed by atoms with Crippen molar-refractivity contribution in [2.45, 2.75) is 88.8 Å². The smallest absolute Gasteiger partial charge is 0.320 e. The summed E-state index contributed by atoms with van der Waals surface area (Å²) in [5.41, 5.74) is 1.10. The fraction of sp³-hybridized carbons (Fsp3) is 0.789. The highest BCUT2D eigenvalue weighted by atomic mass is 32.1. The zero-order chi connectivity index (χ0) is 16.5. The van der Waals surface area contributed by atoms with Crippen LogP contribution in [-0.4, -0.2) is 33.0 Å². The third kappa shape index (κ3) is 3.25. The molecule has 3 atom stereocenters. The first-order chi connectivity index (χ1) is 11.7. The number of hydrogen-bond acceptors (Lipinski definition) is 4. The van der Waals surface area contributed by atoms with Crippen molar-refractivity contribution in [2.24, 2.45) is 5.92 Å². The van der Waals surface area contributed by atoms with Crippen molar-refractivity contribution in [3.05, 3.63) is 16.1 Å². The lowest BCUT2D eigenvalue weighted by molar-refractivity contribution is -0.142. The summed E-state index contributed by atoms with van der Waals surface area (Å²) in [6.45, 7) is 0.724. The Morgan fingerprint density at radius 3 is 2.71 bits per heavy atom. The van der Waals surface area contributed by atoms with Gasteiger partial charge in [-0.3, -0.25) is 9.69 Å². The second-order valence-electron chi connectivity index (χ2n) is 7.89. The summed E-state index contributed by atoms with van der Waals surface area (Å²) in [6, 6.07) is 0.151. The molecule has 1 aromatic rings. The highest BCUT2D eigenvalue weighted by Crippen LogP contribution is 2.41. The van der Waals surface area contributed by atoms with E-state index in [0.717, 1.165) is 25.1 Å². The summed E-state index contributed by atoms with van der Waals surface area (Å²) in [5.74, 6) is 0.581. The average Bonchev–Trinajstić information content (AvgIpc) is 3.21. The predicted molar refractivity (Wildman–Crippen MR) is 95.3 cm³/mol. The number of nitrogens with zero attached hydrogens (tertiary/aromatic N) is 2. The van der Waals surface area contributed by atoms with Gasteiger partial charge in [0.2, 0.25) is 0 Å². The van der Waals surface area contributed by atoms with Crippen LogP contribution in [0.5, 0.6) is 0 Å². The molecule has 2 aliphatic carbocycles. The summed E-state index contributed by atoms with van der Waals surface area (Å²) in [7, 11) is 0. The van der Waals surface area contributed by atoms with Crippen LogP contribution in [-0.2, 0) is 11.3 Å². The van der Waals surface area contributed by atoms with E-state index in [2.05, 4.69) is 10.3 Å². The Morgan fingerprint density at radius 1 is 1.17 bits per heavy atom. The Morgan fingerprint density at radius 2 is 1.92 bits per heavy atom. The number of carboxylic acid groups (broad SMARTS) is 1. The molecule has 0 bridgehead atoms. The number of fused-ring (bicyclic) bond motifs is 1. The molecule has 3 aliphatic rings. The van der Waals surface area contributed by atoms with Gasteiger partial charge >= 0.3 is 5.97 Å². The molecule has 4 rings (SSSR count). The van der Waals surface area contributed by atoms with Gasteiger partial charge in [0.25, 0.3) is 0 Å². The van der Waals surface area contributed by atoms with Gasteiger partial charge in [-0.25, -0.2) is 4.98 Å². The van der Waals surface area contributed by atoms with Gasteiger partial charge in [0.05, 0.1) is 10.7 Å². The first-order valence-electron chi connectivity index (χ1n) is 9.65. The monoisotopic (exact) mass is 348 g/mol. The van der Waals surface area contributed by atoms with Crippen LogP contribution in [0.3, 0.4) is 0 Å². The van der Waals surface area contributed by atoms with Crippen molar-refractivity contribution in [1.29, 1.82) is 0 Å². The maximum Gasteiger partial charge on any atom is 0.320 e. The molecule has 1 saturated heterocycles. The van der Waals surface area contributed by atoms with Crippen molar-refractivity contribution in [2.75, 3.05) is 0 Å². The van der Waals surface area contributed by atoms with Crippen molar-refractivity contribution in [1.82, 2.24) is 9.88 Å². The molecule has 3 unspecified atom stereocenters. The van der Waals surface area contributed by atoms with Crippen LogP contribution in [0.2, 0.25) is 0 Å². The van der Waals surface area contributed by atoms with Crippen LogP contribution in [0.25, 0.3) is 0 Å². The summed E-state index contributed by atoms with van der Waals surface area (Å²) in [6.07, 6.45) is 12.3. The third-order valence-corrected chi connectivity index (χ3v) is 7.43. The van der Waals surface area contributed by atoms with Gasteiger partial charge in [0, 0.05) is 23.9 Å². The molecule has 2 heterocycles. The second-order valence-corrected chi connectivity index (χ2v) is 8.78. The Bertz CT molecular complexity index is 582. The van der Waals surface area contributed by atoms with Crippen LogP contribution in [0.4, 0.5) is 0 Å². The van der Waals surface area contributed by atoms with Gasteiger partial charge in [-0.05, 0) is 38.0 Å². The number of carboxylic acids is 1. The quantitative estimate of drug-likeness (QED) is 0.876. The van der Waals surface area contributed by atoms with E-state index < -0.39 is 5.97 Å².